The van der Waals surface area contributed by atoms with Gasteiger partial charge in [-0.25, -0.2) is 0 Å². The van der Waals surface area contributed by atoms with Crippen molar-refractivity contribution < 1.29 is 4.79 Å². The number of amides is 1. The van der Waals surface area contributed by atoms with Crippen LogP contribution in [0.3, 0.4) is 0 Å². The Labute approximate surface area is 105 Å². The molecule has 0 radical (unpaired) electrons. The molecule has 1 amide bonds. The molecule has 5 nitrogen and oxygen atoms in total. The molecule has 0 atom stereocenters. The van der Waals surface area contributed by atoms with Gasteiger partial charge < -0.3 is 15.6 Å². The van der Waals surface area contributed by atoms with E-state index in [-0.39, 0.29) is 5.91 Å². The second kappa shape index (κ2) is 4.80. The minimum atomic E-state index is -0.0960. The largest absolute Gasteiger partial charge is 0.399 e. The zero-order valence-electron chi connectivity index (χ0n) is 10.1. The highest BCUT2D eigenvalue weighted by Gasteiger charge is 2.15. The molecule has 1 heterocycles. The van der Waals surface area contributed by atoms with Gasteiger partial charge in [-0.2, -0.15) is 5.26 Å². The molecule has 18 heavy (non-hydrogen) atoms. The summed E-state index contributed by atoms with van der Waals surface area (Å²) in [4.78, 5) is 16.7. The van der Waals surface area contributed by atoms with Crippen LogP contribution >= 0.6 is 0 Å². The number of aromatic amines is 1. The van der Waals surface area contributed by atoms with Crippen molar-refractivity contribution in [3.63, 3.8) is 0 Å². The lowest BCUT2D eigenvalue weighted by Crippen LogP contribution is -2.27. The standard InChI is InChI=1S/C13H14N4O/c1-17(6-2-5-14)13(18)11-8-16-12-7-9(15)3-4-10(11)12/h3-4,7-8,16H,2,6,15H2,1H3. The number of nitrogens with zero attached hydrogens (tertiary/aromatic N) is 2. The van der Waals surface area contributed by atoms with Crippen molar-refractivity contribution in [3.8, 4) is 6.07 Å². The first-order chi connectivity index (χ1) is 8.63. The summed E-state index contributed by atoms with van der Waals surface area (Å²) in [5.74, 6) is -0.0960. The summed E-state index contributed by atoms with van der Waals surface area (Å²) < 4.78 is 0. The number of nitrogen functional groups attached to an aromatic ring is 1. The lowest BCUT2D eigenvalue weighted by molar-refractivity contribution is 0.0800. The van der Waals surface area contributed by atoms with Crippen molar-refractivity contribution in [2.75, 3.05) is 19.3 Å². The van der Waals surface area contributed by atoms with E-state index in [1.165, 1.54) is 0 Å². The molecular formula is C13H14N4O. The molecule has 1 aromatic carbocycles. The molecule has 0 bridgehead atoms. The summed E-state index contributed by atoms with van der Waals surface area (Å²) in [7, 11) is 1.69. The molecule has 0 fully saturated rings. The topological polar surface area (TPSA) is 85.9 Å². The number of nitrogens with one attached hydrogen (secondary N) is 1. The number of hydrogen-bond acceptors (Lipinski definition) is 3. The van der Waals surface area contributed by atoms with Crippen LogP contribution in [-0.2, 0) is 0 Å². The van der Waals surface area contributed by atoms with Crippen LogP contribution in [0.15, 0.2) is 24.4 Å². The van der Waals surface area contributed by atoms with Crippen molar-refractivity contribution in [2.45, 2.75) is 6.42 Å². The predicted octanol–water partition coefficient (Wildman–Crippen LogP) is 1.74. The maximum atomic E-state index is 12.2. The van der Waals surface area contributed by atoms with Crippen LogP contribution in [0.5, 0.6) is 0 Å². The van der Waals surface area contributed by atoms with E-state index in [9.17, 15) is 4.79 Å². The Hall–Kier alpha value is -2.48. The van der Waals surface area contributed by atoms with Gasteiger partial charge in [0.25, 0.3) is 5.91 Å². The molecule has 0 aliphatic rings. The Morgan fingerprint density at radius 2 is 2.33 bits per heavy atom. The summed E-state index contributed by atoms with van der Waals surface area (Å²) >= 11 is 0. The second-order valence-corrected chi connectivity index (χ2v) is 4.14. The Morgan fingerprint density at radius 3 is 3.06 bits per heavy atom. The van der Waals surface area contributed by atoms with E-state index in [2.05, 4.69) is 4.98 Å². The van der Waals surface area contributed by atoms with Crippen molar-refractivity contribution in [2.24, 2.45) is 0 Å². The van der Waals surface area contributed by atoms with E-state index < -0.39 is 0 Å². The number of H-pyrrole nitrogens is 1. The lowest BCUT2D eigenvalue weighted by atomic mass is 10.1. The first kappa shape index (κ1) is 12.0. The average molecular weight is 242 g/mol. The Morgan fingerprint density at radius 1 is 1.56 bits per heavy atom. The van der Waals surface area contributed by atoms with E-state index in [0.29, 0.717) is 24.2 Å². The van der Waals surface area contributed by atoms with E-state index in [4.69, 9.17) is 11.0 Å². The average Bonchev–Trinajstić information content (AvgIpc) is 2.77. The molecular weight excluding hydrogens is 228 g/mol. The van der Waals surface area contributed by atoms with Gasteiger partial charge in [-0.1, -0.05) is 0 Å². The van der Waals surface area contributed by atoms with Crippen LogP contribution in [0.1, 0.15) is 16.8 Å². The highest BCUT2D eigenvalue weighted by molar-refractivity contribution is 6.07. The number of nitriles is 1. The molecule has 0 aliphatic heterocycles. The summed E-state index contributed by atoms with van der Waals surface area (Å²) in [6.07, 6.45) is 2.01. The predicted molar refractivity (Wildman–Crippen MR) is 69.9 cm³/mol. The van der Waals surface area contributed by atoms with Gasteiger partial charge in [0.15, 0.2) is 0 Å². The van der Waals surface area contributed by atoms with Crippen LogP contribution in [0, 0.1) is 11.3 Å². The van der Waals surface area contributed by atoms with Crippen molar-refractivity contribution in [3.05, 3.63) is 30.0 Å². The number of carbonyl (C=O) groups excluding carboxylic acids is 1. The Kier molecular flexibility index (Phi) is 3.20. The van der Waals surface area contributed by atoms with E-state index in [1.807, 2.05) is 12.1 Å². The fraction of sp³-hybridized carbons (Fsp3) is 0.231. The SMILES string of the molecule is CN(CCC#N)C(=O)c1c[nH]c2cc(N)ccc12. The number of hydrogen-bond donors (Lipinski definition) is 2. The number of aromatic nitrogens is 1. The molecule has 0 saturated carbocycles. The molecule has 0 unspecified atom stereocenters. The maximum Gasteiger partial charge on any atom is 0.255 e. The number of carbonyl (C=O) groups is 1. The summed E-state index contributed by atoms with van der Waals surface area (Å²) in [6.45, 7) is 0.428. The molecule has 2 rings (SSSR count). The maximum absolute atomic E-state index is 12.2. The smallest absolute Gasteiger partial charge is 0.255 e. The monoisotopic (exact) mass is 242 g/mol. The molecule has 92 valence electrons. The van der Waals surface area contributed by atoms with Gasteiger partial charge in [0.2, 0.25) is 0 Å². The van der Waals surface area contributed by atoms with Gasteiger partial charge in [-0.3, -0.25) is 4.79 Å². The molecule has 0 aliphatic carbocycles. The minimum absolute atomic E-state index is 0.0960. The van der Waals surface area contributed by atoms with Crippen molar-refractivity contribution in [1.29, 1.82) is 5.26 Å². The highest BCUT2D eigenvalue weighted by Crippen LogP contribution is 2.21. The number of fused-ring (bicyclic) bond motifs is 1. The van der Waals surface area contributed by atoms with Crippen molar-refractivity contribution in [1.82, 2.24) is 9.88 Å². The molecule has 3 N–H and O–H groups in total. The number of anilines is 1. The summed E-state index contributed by atoms with van der Waals surface area (Å²) in [6, 6.07) is 7.41. The third-order valence-electron chi connectivity index (χ3n) is 2.84. The van der Waals surface area contributed by atoms with Gasteiger partial charge in [0.05, 0.1) is 18.1 Å². The van der Waals surface area contributed by atoms with Crippen LogP contribution in [0.2, 0.25) is 0 Å². The quantitative estimate of drug-likeness (QED) is 0.804. The van der Waals surface area contributed by atoms with Gasteiger partial charge in [0.1, 0.15) is 0 Å². The fourth-order valence-electron chi connectivity index (χ4n) is 1.85. The first-order valence-corrected chi connectivity index (χ1v) is 5.62. The Bertz CT molecular complexity index is 623. The number of rotatable bonds is 3. The summed E-state index contributed by atoms with van der Waals surface area (Å²) in [5.41, 5.74) is 7.78. The molecule has 5 heteroatoms. The molecule has 2 aromatic rings. The Balaban J connectivity index is 2.31. The van der Waals surface area contributed by atoms with Crippen molar-refractivity contribution >= 4 is 22.5 Å². The van der Waals surface area contributed by atoms with Gasteiger partial charge in [-0.05, 0) is 18.2 Å². The van der Waals surface area contributed by atoms with Crippen LogP contribution in [0.25, 0.3) is 10.9 Å². The highest BCUT2D eigenvalue weighted by atomic mass is 16.2. The van der Waals surface area contributed by atoms with E-state index in [0.717, 1.165) is 10.9 Å². The second-order valence-electron chi connectivity index (χ2n) is 4.14. The number of nitrogens with two attached hydrogens (primary N) is 1. The van der Waals surface area contributed by atoms with Gasteiger partial charge >= 0.3 is 0 Å². The normalized spacial score (nSPS) is 10.2. The van der Waals surface area contributed by atoms with E-state index in [1.54, 1.807) is 30.3 Å². The lowest BCUT2D eigenvalue weighted by Gasteiger charge is -2.14. The third kappa shape index (κ3) is 2.13. The molecule has 0 saturated heterocycles. The summed E-state index contributed by atoms with van der Waals surface area (Å²) in [5, 5.41) is 9.37. The first-order valence-electron chi connectivity index (χ1n) is 5.62. The van der Waals surface area contributed by atoms with Gasteiger partial charge in [-0.15, -0.1) is 0 Å². The zero-order chi connectivity index (χ0) is 13.1. The molecule has 1 aromatic heterocycles. The van der Waals surface area contributed by atoms with Crippen LogP contribution in [0.4, 0.5) is 5.69 Å². The number of benzene rings is 1. The molecule has 0 spiro atoms. The fourth-order valence-corrected chi connectivity index (χ4v) is 1.85. The van der Waals surface area contributed by atoms with Gasteiger partial charge in [0, 0.05) is 36.4 Å². The van der Waals surface area contributed by atoms with E-state index >= 15 is 0 Å². The third-order valence-corrected chi connectivity index (χ3v) is 2.84. The zero-order valence-corrected chi connectivity index (χ0v) is 10.1. The van der Waals surface area contributed by atoms with Crippen LogP contribution < -0.4 is 5.73 Å². The minimum Gasteiger partial charge on any atom is -0.399 e. The van der Waals surface area contributed by atoms with Crippen LogP contribution in [-0.4, -0.2) is 29.4 Å².